The Morgan fingerprint density at radius 2 is 1.80 bits per heavy atom. The number of carbonyl (C=O) groups is 1. The Labute approximate surface area is 92.0 Å². The van der Waals surface area contributed by atoms with E-state index in [2.05, 4.69) is 5.48 Å². The van der Waals surface area contributed by atoms with Gasteiger partial charge in [0.2, 0.25) is 0 Å². The van der Waals surface area contributed by atoms with Crippen molar-refractivity contribution in [3.8, 4) is 0 Å². The van der Waals surface area contributed by atoms with Crippen LogP contribution in [0.1, 0.15) is 52.9 Å². The van der Waals surface area contributed by atoms with E-state index in [1.165, 1.54) is 0 Å². The average Bonchev–Trinajstić information content (AvgIpc) is 2.07. The zero-order valence-corrected chi connectivity index (χ0v) is 10.0. The van der Waals surface area contributed by atoms with Gasteiger partial charge in [0, 0.05) is 13.0 Å². The Hall–Kier alpha value is -0.610. The highest BCUT2D eigenvalue weighted by Crippen LogP contribution is 2.05. The highest BCUT2D eigenvalue weighted by Gasteiger charge is 2.09. The summed E-state index contributed by atoms with van der Waals surface area (Å²) in [4.78, 5) is 15.5. The van der Waals surface area contributed by atoms with E-state index in [0.717, 1.165) is 32.2 Å². The second-order valence-electron chi connectivity index (χ2n) is 4.67. The van der Waals surface area contributed by atoms with Crippen LogP contribution in [0.2, 0.25) is 0 Å². The maximum absolute atomic E-state index is 10.2. The Morgan fingerprint density at radius 1 is 1.20 bits per heavy atom. The number of unbranched alkanes of at least 4 members (excludes halogenated alkanes) is 3. The van der Waals surface area contributed by atoms with Crippen LogP contribution in [-0.4, -0.2) is 23.2 Å². The summed E-state index contributed by atoms with van der Waals surface area (Å²) in [6.45, 7) is 6.80. The van der Waals surface area contributed by atoms with Gasteiger partial charge in [-0.3, -0.25) is 9.63 Å². The maximum atomic E-state index is 10.2. The lowest BCUT2D eigenvalue weighted by molar-refractivity contribution is -0.137. The van der Waals surface area contributed by atoms with Crippen LogP contribution >= 0.6 is 0 Å². The van der Waals surface area contributed by atoms with Crippen LogP contribution in [-0.2, 0) is 9.63 Å². The van der Waals surface area contributed by atoms with Gasteiger partial charge < -0.3 is 5.11 Å². The molecular weight excluding hydrogens is 194 g/mol. The standard InChI is InChI=1S/C11H23NO3/c1-11(2,3)15-12-9-7-5-4-6-8-10(13)14/h12H,4-9H2,1-3H3,(H,13,14). The van der Waals surface area contributed by atoms with Gasteiger partial charge in [0.25, 0.3) is 0 Å². The normalized spacial score (nSPS) is 11.7. The van der Waals surface area contributed by atoms with Gasteiger partial charge in [-0.2, -0.15) is 0 Å². The number of hydrogen-bond donors (Lipinski definition) is 2. The number of hydrogen-bond acceptors (Lipinski definition) is 3. The fourth-order valence-corrected chi connectivity index (χ4v) is 1.09. The first-order chi connectivity index (χ1) is 6.92. The van der Waals surface area contributed by atoms with Crippen LogP contribution in [0.4, 0.5) is 0 Å². The number of carboxylic acid groups (broad SMARTS) is 1. The van der Waals surface area contributed by atoms with Crippen molar-refractivity contribution in [1.82, 2.24) is 5.48 Å². The molecule has 15 heavy (non-hydrogen) atoms. The van der Waals surface area contributed by atoms with Gasteiger partial charge >= 0.3 is 5.97 Å². The third-order valence-corrected chi connectivity index (χ3v) is 1.80. The molecule has 0 rings (SSSR count). The van der Waals surface area contributed by atoms with Crippen molar-refractivity contribution < 1.29 is 14.7 Å². The number of carboxylic acids is 1. The first-order valence-corrected chi connectivity index (χ1v) is 5.54. The molecule has 0 aliphatic rings. The molecule has 0 spiro atoms. The quantitative estimate of drug-likeness (QED) is 0.484. The predicted molar refractivity (Wildman–Crippen MR) is 59.6 cm³/mol. The molecule has 0 aromatic carbocycles. The van der Waals surface area contributed by atoms with Gasteiger partial charge in [0.05, 0.1) is 5.60 Å². The van der Waals surface area contributed by atoms with Crippen molar-refractivity contribution >= 4 is 5.97 Å². The van der Waals surface area contributed by atoms with Crippen LogP contribution in [0, 0.1) is 0 Å². The molecule has 4 heteroatoms. The topological polar surface area (TPSA) is 58.6 Å². The molecule has 0 heterocycles. The second-order valence-corrected chi connectivity index (χ2v) is 4.67. The van der Waals surface area contributed by atoms with E-state index in [1.54, 1.807) is 0 Å². The monoisotopic (exact) mass is 217 g/mol. The number of aliphatic carboxylic acids is 1. The molecule has 0 bridgehead atoms. The molecular formula is C11H23NO3. The summed E-state index contributed by atoms with van der Waals surface area (Å²) in [7, 11) is 0. The molecule has 0 amide bonds. The van der Waals surface area contributed by atoms with Crippen molar-refractivity contribution in [3.63, 3.8) is 0 Å². The van der Waals surface area contributed by atoms with Crippen molar-refractivity contribution in [1.29, 1.82) is 0 Å². The zero-order valence-electron chi connectivity index (χ0n) is 10.0. The lowest BCUT2D eigenvalue weighted by atomic mass is 10.1. The molecule has 0 aromatic rings. The highest BCUT2D eigenvalue weighted by atomic mass is 16.7. The second kappa shape index (κ2) is 7.65. The molecule has 0 aliphatic carbocycles. The molecule has 2 N–H and O–H groups in total. The zero-order chi connectivity index (χ0) is 11.7. The van der Waals surface area contributed by atoms with Gasteiger partial charge in [-0.05, 0) is 33.6 Å². The minimum Gasteiger partial charge on any atom is -0.481 e. The summed E-state index contributed by atoms with van der Waals surface area (Å²) in [6.07, 6.45) is 4.11. The van der Waals surface area contributed by atoms with E-state index in [-0.39, 0.29) is 12.0 Å². The molecule has 0 radical (unpaired) electrons. The predicted octanol–water partition coefficient (Wildman–Crippen LogP) is 2.34. The average molecular weight is 217 g/mol. The molecule has 0 saturated carbocycles. The van der Waals surface area contributed by atoms with E-state index >= 15 is 0 Å². The lowest BCUT2D eigenvalue weighted by Gasteiger charge is -2.19. The summed E-state index contributed by atoms with van der Waals surface area (Å²) in [5, 5.41) is 8.41. The number of hydroxylamine groups is 1. The van der Waals surface area contributed by atoms with Crippen LogP contribution in [0.3, 0.4) is 0 Å². The first kappa shape index (κ1) is 14.4. The molecule has 0 saturated heterocycles. The highest BCUT2D eigenvalue weighted by molar-refractivity contribution is 5.66. The first-order valence-electron chi connectivity index (χ1n) is 5.54. The largest absolute Gasteiger partial charge is 0.481 e. The van der Waals surface area contributed by atoms with Gasteiger partial charge in [0.1, 0.15) is 0 Å². The minimum atomic E-state index is -0.704. The molecule has 0 atom stereocenters. The van der Waals surface area contributed by atoms with E-state index in [4.69, 9.17) is 9.94 Å². The van der Waals surface area contributed by atoms with Gasteiger partial charge in [-0.1, -0.05) is 12.8 Å². The van der Waals surface area contributed by atoms with Gasteiger partial charge in [0.15, 0.2) is 0 Å². The van der Waals surface area contributed by atoms with E-state index < -0.39 is 5.97 Å². The fourth-order valence-electron chi connectivity index (χ4n) is 1.09. The Bertz CT molecular complexity index is 175. The SMILES string of the molecule is CC(C)(C)ONCCCCCCC(=O)O. The lowest BCUT2D eigenvalue weighted by Crippen LogP contribution is -2.29. The maximum Gasteiger partial charge on any atom is 0.303 e. The summed E-state index contributed by atoms with van der Waals surface area (Å²) < 4.78 is 0. The summed E-state index contributed by atoms with van der Waals surface area (Å²) in [5.74, 6) is -0.704. The molecule has 90 valence electrons. The molecule has 0 unspecified atom stereocenters. The Kier molecular flexibility index (Phi) is 7.34. The van der Waals surface area contributed by atoms with Crippen molar-refractivity contribution in [2.75, 3.05) is 6.54 Å². The molecule has 0 fully saturated rings. The van der Waals surface area contributed by atoms with Gasteiger partial charge in [-0.15, -0.1) is 0 Å². The Morgan fingerprint density at radius 3 is 2.33 bits per heavy atom. The molecule has 0 aromatic heterocycles. The van der Waals surface area contributed by atoms with Crippen molar-refractivity contribution in [3.05, 3.63) is 0 Å². The third-order valence-electron chi connectivity index (χ3n) is 1.80. The van der Waals surface area contributed by atoms with Gasteiger partial charge in [-0.25, -0.2) is 5.48 Å². The number of rotatable bonds is 8. The smallest absolute Gasteiger partial charge is 0.303 e. The van der Waals surface area contributed by atoms with E-state index in [0.29, 0.717) is 0 Å². The fraction of sp³-hybridized carbons (Fsp3) is 0.909. The summed E-state index contributed by atoms with van der Waals surface area (Å²) in [6, 6.07) is 0. The van der Waals surface area contributed by atoms with Crippen LogP contribution in [0.15, 0.2) is 0 Å². The van der Waals surface area contributed by atoms with Crippen LogP contribution in [0.25, 0.3) is 0 Å². The Balaban J connectivity index is 3.09. The third kappa shape index (κ3) is 13.4. The van der Waals surface area contributed by atoms with Crippen LogP contribution < -0.4 is 5.48 Å². The van der Waals surface area contributed by atoms with E-state index in [9.17, 15) is 4.79 Å². The van der Waals surface area contributed by atoms with Crippen molar-refractivity contribution in [2.45, 2.75) is 58.5 Å². The van der Waals surface area contributed by atoms with Crippen LogP contribution in [0.5, 0.6) is 0 Å². The van der Waals surface area contributed by atoms with E-state index in [1.807, 2.05) is 20.8 Å². The molecule has 4 nitrogen and oxygen atoms in total. The van der Waals surface area contributed by atoms with Crippen molar-refractivity contribution in [2.24, 2.45) is 0 Å². The minimum absolute atomic E-state index is 0.149. The summed E-state index contributed by atoms with van der Waals surface area (Å²) >= 11 is 0. The summed E-state index contributed by atoms with van der Waals surface area (Å²) in [5.41, 5.74) is 2.76. The molecule has 0 aliphatic heterocycles. The number of nitrogens with one attached hydrogen (secondary N) is 1.